The van der Waals surface area contributed by atoms with Crippen LogP contribution >= 0.6 is 11.8 Å². The van der Waals surface area contributed by atoms with Crippen molar-refractivity contribution in [2.24, 2.45) is 11.1 Å². The van der Waals surface area contributed by atoms with Crippen molar-refractivity contribution in [1.29, 1.82) is 0 Å². The third-order valence-corrected chi connectivity index (χ3v) is 4.24. The Balaban J connectivity index is 2.58. The molecule has 0 aromatic carbocycles. The molecule has 122 valence electrons. The predicted molar refractivity (Wildman–Crippen MR) is 89.1 cm³/mol. The van der Waals surface area contributed by atoms with Gasteiger partial charge >= 0.3 is 0 Å². The lowest BCUT2D eigenvalue weighted by Gasteiger charge is -2.34. The summed E-state index contributed by atoms with van der Waals surface area (Å²) < 4.78 is 7.52. The van der Waals surface area contributed by atoms with E-state index in [1.165, 1.54) is 0 Å². The summed E-state index contributed by atoms with van der Waals surface area (Å²) in [5, 5.41) is 9.09. The van der Waals surface area contributed by atoms with Gasteiger partial charge in [0.15, 0.2) is 0 Å². The predicted octanol–water partition coefficient (Wildman–Crippen LogP) is 3.05. The van der Waals surface area contributed by atoms with Gasteiger partial charge in [-0.1, -0.05) is 32.9 Å². The molecule has 1 aromatic rings. The molecular formula is C15H30N4OS. The van der Waals surface area contributed by atoms with Crippen LogP contribution in [0.15, 0.2) is 6.20 Å². The van der Waals surface area contributed by atoms with Gasteiger partial charge in [-0.3, -0.25) is 0 Å². The molecule has 2 N–H and O–H groups in total. The van der Waals surface area contributed by atoms with E-state index in [0.29, 0.717) is 5.25 Å². The summed E-state index contributed by atoms with van der Waals surface area (Å²) in [6.45, 7) is 13.3. The quantitative estimate of drug-likeness (QED) is 0.710. The number of hydrogen-bond donors (Lipinski definition) is 1. The van der Waals surface area contributed by atoms with Crippen molar-refractivity contribution in [2.75, 3.05) is 6.73 Å². The van der Waals surface area contributed by atoms with E-state index in [1.807, 2.05) is 22.6 Å². The molecule has 0 bridgehead atoms. The molecule has 0 atom stereocenters. The molecule has 6 heteroatoms. The molecule has 0 saturated heterocycles. The van der Waals surface area contributed by atoms with Gasteiger partial charge in [0.2, 0.25) is 0 Å². The first kappa shape index (κ1) is 18.5. The van der Waals surface area contributed by atoms with Crippen molar-refractivity contribution in [3.8, 4) is 0 Å². The van der Waals surface area contributed by atoms with Crippen LogP contribution in [0.3, 0.4) is 0 Å². The molecule has 21 heavy (non-hydrogen) atoms. The SMILES string of the molecule is CC(C)SCn1cc(CC(C)(C)CC(C)(C)OCN)nn1. The molecular weight excluding hydrogens is 284 g/mol. The Labute approximate surface area is 133 Å². The van der Waals surface area contributed by atoms with E-state index in [-0.39, 0.29) is 17.7 Å². The van der Waals surface area contributed by atoms with Crippen LogP contribution in [0.25, 0.3) is 0 Å². The monoisotopic (exact) mass is 314 g/mol. The Bertz CT molecular complexity index is 429. The Hall–Kier alpha value is -0.590. The largest absolute Gasteiger partial charge is 0.361 e. The maximum absolute atomic E-state index is 5.61. The molecule has 0 fully saturated rings. The third-order valence-electron chi connectivity index (χ3n) is 3.16. The van der Waals surface area contributed by atoms with E-state index in [2.05, 4.69) is 51.9 Å². The van der Waals surface area contributed by atoms with E-state index in [0.717, 1.165) is 24.4 Å². The summed E-state index contributed by atoms with van der Waals surface area (Å²) in [5.41, 5.74) is 6.40. The minimum Gasteiger partial charge on any atom is -0.361 e. The second kappa shape index (κ2) is 7.61. The molecule has 1 rings (SSSR count). The van der Waals surface area contributed by atoms with Gasteiger partial charge in [-0.2, -0.15) is 0 Å². The molecule has 0 radical (unpaired) electrons. The van der Waals surface area contributed by atoms with Crippen LogP contribution < -0.4 is 5.73 Å². The highest BCUT2D eigenvalue weighted by Crippen LogP contribution is 2.32. The topological polar surface area (TPSA) is 66.0 Å². The highest BCUT2D eigenvalue weighted by Gasteiger charge is 2.30. The normalized spacial score (nSPS) is 13.1. The lowest BCUT2D eigenvalue weighted by molar-refractivity contribution is -0.0430. The van der Waals surface area contributed by atoms with Crippen LogP contribution in [0.4, 0.5) is 0 Å². The average molecular weight is 314 g/mol. The highest BCUT2D eigenvalue weighted by atomic mass is 32.2. The van der Waals surface area contributed by atoms with E-state index >= 15 is 0 Å². The first-order chi connectivity index (χ1) is 9.63. The van der Waals surface area contributed by atoms with E-state index in [1.54, 1.807) is 0 Å². The summed E-state index contributed by atoms with van der Waals surface area (Å²) in [5.74, 6) is 0.854. The summed E-state index contributed by atoms with van der Waals surface area (Å²) in [6, 6.07) is 0. The smallest absolute Gasteiger partial charge is 0.0947 e. The number of aromatic nitrogens is 3. The zero-order chi connectivity index (χ0) is 16.1. The van der Waals surface area contributed by atoms with E-state index < -0.39 is 0 Å². The molecule has 5 nitrogen and oxygen atoms in total. The van der Waals surface area contributed by atoms with Gasteiger partial charge in [-0.05, 0) is 32.1 Å². The van der Waals surface area contributed by atoms with Gasteiger partial charge in [-0.15, -0.1) is 16.9 Å². The molecule has 1 heterocycles. The van der Waals surface area contributed by atoms with Crippen LogP contribution in [-0.2, 0) is 17.0 Å². The standard InChI is InChI=1S/C15H30N4OS/c1-12(2)21-11-19-8-13(17-18-19)7-14(3,4)9-15(5,6)20-10-16/h8,12H,7,9-11,16H2,1-6H3. The fraction of sp³-hybridized carbons (Fsp3) is 0.867. The van der Waals surface area contributed by atoms with Gasteiger partial charge in [-0.25, -0.2) is 4.68 Å². The summed E-state index contributed by atoms with van der Waals surface area (Å²) >= 11 is 1.86. The number of nitrogens with two attached hydrogens (primary N) is 1. The number of hydrogen-bond acceptors (Lipinski definition) is 5. The zero-order valence-electron chi connectivity index (χ0n) is 14.2. The summed E-state index contributed by atoms with van der Waals surface area (Å²) in [6.07, 6.45) is 3.86. The number of rotatable bonds is 9. The summed E-state index contributed by atoms with van der Waals surface area (Å²) in [4.78, 5) is 0. The fourth-order valence-corrected chi connectivity index (χ4v) is 3.27. The first-order valence-corrected chi connectivity index (χ1v) is 8.53. The van der Waals surface area contributed by atoms with Crippen molar-refractivity contribution in [3.63, 3.8) is 0 Å². The van der Waals surface area contributed by atoms with Gasteiger partial charge in [0.05, 0.1) is 23.9 Å². The molecule has 0 aliphatic carbocycles. The second-order valence-electron chi connectivity index (χ2n) is 7.18. The van der Waals surface area contributed by atoms with Gasteiger partial charge in [0, 0.05) is 11.4 Å². The number of thioether (sulfide) groups is 1. The van der Waals surface area contributed by atoms with E-state index in [4.69, 9.17) is 10.5 Å². The lowest BCUT2D eigenvalue weighted by atomic mass is 9.78. The third kappa shape index (κ3) is 7.29. The molecule has 0 saturated carbocycles. The van der Waals surface area contributed by atoms with Crippen molar-refractivity contribution >= 4 is 11.8 Å². The van der Waals surface area contributed by atoms with Crippen molar-refractivity contribution in [1.82, 2.24) is 15.0 Å². The highest BCUT2D eigenvalue weighted by molar-refractivity contribution is 7.98. The van der Waals surface area contributed by atoms with Crippen LogP contribution in [-0.4, -0.2) is 32.6 Å². The Morgan fingerprint density at radius 3 is 2.57 bits per heavy atom. The molecule has 0 aliphatic rings. The van der Waals surface area contributed by atoms with Crippen LogP contribution in [0.2, 0.25) is 0 Å². The Kier molecular flexibility index (Phi) is 6.69. The average Bonchev–Trinajstić information content (AvgIpc) is 2.71. The lowest BCUT2D eigenvalue weighted by Crippen LogP contribution is -2.34. The Morgan fingerprint density at radius 2 is 2.00 bits per heavy atom. The van der Waals surface area contributed by atoms with Gasteiger partial charge < -0.3 is 10.5 Å². The van der Waals surface area contributed by atoms with Crippen molar-refractivity contribution < 1.29 is 4.74 Å². The van der Waals surface area contributed by atoms with Gasteiger partial charge in [0.25, 0.3) is 0 Å². The number of nitrogens with zero attached hydrogens (tertiary/aromatic N) is 3. The van der Waals surface area contributed by atoms with Crippen LogP contribution in [0, 0.1) is 5.41 Å². The van der Waals surface area contributed by atoms with Crippen LogP contribution in [0.1, 0.15) is 53.7 Å². The summed E-state index contributed by atoms with van der Waals surface area (Å²) in [7, 11) is 0. The molecule has 0 unspecified atom stereocenters. The molecule has 0 aliphatic heterocycles. The van der Waals surface area contributed by atoms with Crippen LogP contribution in [0.5, 0.6) is 0 Å². The van der Waals surface area contributed by atoms with E-state index in [9.17, 15) is 0 Å². The van der Waals surface area contributed by atoms with Gasteiger partial charge in [0.1, 0.15) is 0 Å². The Morgan fingerprint density at radius 1 is 1.33 bits per heavy atom. The minimum absolute atomic E-state index is 0.0880. The maximum atomic E-state index is 5.61. The zero-order valence-corrected chi connectivity index (χ0v) is 15.0. The molecule has 1 aromatic heterocycles. The number of ether oxygens (including phenoxy) is 1. The first-order valence-electron chi connectivity index (χ1n) is 7.48. The molecule has 0 spiro atoms. The fourth-order valence-electron chi connectivity index (χ4n) is 2.69. The molecule has 0 amide bonds. The van der Waals surface area contributed by atoms with Crippen molar-refractivity contribution in [3.05, 3.63) is 11.9 Å². The van der Waals surface area contributed by atoms with Crippen molar-refractivity contribution in [2.45, 2.75) is 71.1 Å². The minimum atomic E-state index is -0.220. The second-order valence-corrected chi connectivity index (χ2v) is 8.72. The maximum Gasteiger partial charge on any atom is 0.0947 e.